The topological polar surface area (TPSA) is 100 Å². The zero-order valence-electron chi connectivity index (χ0n) is 18.0. The molecule has 0 bridgehead atoms. The number of aromatic nitrogens is 3. The molecule has 0 spiro atoms. The summed E-state index contributed by atoms with van der Waals surface area (Å²) in [6, 6.07) is 22.3. The molecule has 172 valence electrons. The second-order valence-corrected chi connectivity index (χ2v) is 8.57. The minimum absolute atomic E-state index is 0.0336. The lowest BCUT2D eigenvalue weighted by molar-refractivity contribution is -0.384. The van der Waals surface area contributed by atoms with Gasteiger partial charge in [-0.1, -0.05) is 65.8 Å². The number of carbonyl (C=O) groups excluding carboxylic acids is 1. The van der Waals surface area contributed by atoms with Crippen LogP contribution in [0.3, 0.4) is 0 Å². The van der Waals surface area contributed by atoms with Crippen molar-refractivity contribution < 1.29 is 14.5 Å². The Kier molecular flexibility index (Phi) is 7.24. The largest absolute Gasteiger partial charge is 0.481 e. The van der Waals surface area contributed by atoms with Gasteiger partial charge in [0.1, 0.15) is 5.75 Å². The van der Waals surface area contributed by atoms with Gasteiger partial charge in [-0.2, -0.15) is 0 Å². The summed E-state index contributed by atoms with van der Waals surface area (Å²) in [7, 11) is 0. The van der Waals surface area contributed by atoms with E-state index in [9.17, 15) is 14.9 Å². The zero-order valence-corrected chi connectivity index (χ0v) is 19.6. The summed E-state index contributed by atoms with van der Waals surface area (Å²) in [4.78, 5) is 23.2. The second-order valence-electron chi connectivity index (χ2n) is 7.22. The summed E-state index contributed by atoms with van der Waals surface area (Å²) in [5.41, 5.74) is 0.946. The predicted molar refractivity (Wildman–Crippen MR) is 130 cm³/mol. The van der Waals surface area contributed by atoms with Gasteiger partial charge in [-0.05, 0) is 31.2 Å². The number of hydrogen-bond donors (Lipinski definition) is 0. The fourth-order valence-electron chi connectivity index (χ4n) is 3.25. The van der Waals surface area contributed by atoms with Crippen molar-refractivity contribution in [2.24, 2.45) is 0 Å². The highest BCUT2D eigenvalue weighted by molar-refractivity contribution is 7.99. The third-order valence-electron chi connectivity index (χ3n) is 4.89. The lowest BCUT2D eigenvalue weighted by Crippen LogP contribution is -2.12. The van der Waals surface area contributed by atoms with E-state index in [1.807, 2.05) is 54.0 Å². The van der Waals surface area contributed by atoms with Crippen LogP contribution in [0.4, 0.5) is 5.69 Å². The Balaban J connectivity index is 1.60. The number of para-hydroxylation sites is 2. The van der Waals surface area contributed by atoms with Gasteiger partial charge in [0.25, 0.3) is 5.69 Å². The van der Waals surface area contributed by atoms with Gasteiger partial charge in [-0.15, -0.1) is 10.2 Å². The maximum Gasteiger partial charge on any atom is 0.270 e. The van der Waals surface area contributed by atoms with E-state index in [1.165, 1.54) is 30.0 Å². The molecule has 10 heteroatoms. The van der Waals surface area contributed by atoms with Gasteiger partial charge in [0.15, 0.2) is 22.9 Å². The molecule has 1 unspecified atom stereocenters. The minimum Gasteiger partial charge on any atom is -0.481 e. The average Bonchev–Trinajstić information content (AvgIpc) is 3.28. The van der Waals surface area contributed by atoms with Crippen molar-refractivity contribution in [1.82, 2.24) is 14.8 Å². The molecule has 1 atom stereocenters. The third kappa shape index (κ3) is 5.27. The summed E-state index contributed by atoms with van der Waals surface area (Å²) in [6.07, 6.45) is -0.491. The maximum atomic E-state index is 12.7. The number of benzene rings is 3. The lowest BCUT2D eigenvalue weighted by Gasteiger charge is -2.17. The summed E-state index contributed by atoms with van der Waals surface area (Å²) in [5, 5.41) is 20.6. The standard InChI is InChI=1S/C24H19ClN4O4S/c1-16(33-22-13-6-5-12-20(22)25)23-26-27-24(28(23)18-9-3-2-4-10-18)34-15-21(30)17-8-7-11-19(14-17)29(31)32/h2-14,16H,15H2,1H3. The van der Waals surface area contributed by atoms with E-state index in [1.54, 1.807) is 18.2 Å². The van der Waals surface area contributed by atoms with Crippen LogP contribution in [0.1, 0.15) is 29.2 Å². The SMILES string of the molecule is CC(Oc1ccccc1Cl)c1nnc(SCC(=O)c2cccc([N+](=O)[O-])c2)n1-c1ccccc1. The quantitative estimate of drug-likeness (QED) is 0.123. The molecule has 0 fully saturated rings. The van der Waals surface area contributed by atoms with Crippen LogP contribution in [0.2, 0.25) is 5.02 Å². The molecule has 0 saturated heterocycles. The van der Waals surface area contributed by atoms with Crippen molar-refractivity contribution in [2.75, 3.05) is 5.75 Å². The van der Waals surface area contributed by atoms with Gasteiger partial charge in [-0.25, -0.2) is 0 Å². The Morgan fingerprint density at radius 1 is 1.09 bits per heavy atom. The molecule has 0 aliphatic carbocycles. The average molecular weight is 495 g/mol. The van der Waals surface area contributed by atoms with Crippen molar-refractivity contribution in [2.45, 2.75) is 18.2 Å². The van der Waals surface area contributed by atoms with E-state index in [2.05, 4.69) is 10.2 Å². The Bertz CT molecular complexity index is 1330. The fraction of sp³-hybridized carbons (Fsp3) is 0.125. The van der Waals surface area contributed by atoms with Gasteiger partial charge in [0.05, 0.1) is 15.7 Å². The van der Waals surface area contributed by atoms with Crippen LogP contribution in [0.15, 0.2) is 84.0 Å². The first-order valence-electron chi connectivity index (χ1n) is 10.3. The van der Waals surface area contributed by atoms with Crippen molar-refractivity contribution in [3.8, 4) is 11.4 Å². The van der Waals surface area contributed by atoms with Gasteiger partial charge in [-0.3, -0.25) is 19.5 Å². The number of Topliss-reactive ketones (excluding diaryl/α,β-unsaturated/α-hetero) is 1. The summed E-state index contributed by atoms with van der Waals surface area (Å²) in [6.45, 7) is 1.84. The van der Waals surface area contributed by atoms with Gasteiger partial charge >= 0.3 is 0 Å². The number of nitro benzene ring substituents is 1. The Morgan fingerprint density at radius 3 is 2.56 bits per heavy atom. The number of nitro groups is 1. The highest BCUT2D eigenvalue weighted by atomic mass is 35.5. The van der Waals surface area contributed by atoms with Gasteiger partial charge < -0.3 is 4.74 Å². The van der Waals surface area contributed by atoms with Crippen molar-refractivity contribution in [3.63, 3.8) is 0 Å². The molecule has 1 aromatic heterocycles. The van der Waals surface area contributed by atoms with E-state index in [-0.39, 0.29) is 22.8 Å². The first kappa shape index (κ1) is 23.5. The van der Waals surface area contributed by atoms with Crippen LogP contribution >= 0.6 is 23.4 Å². The first-order valence-corrected chi connectivity index (χ1v) is 11.6. The number of ether oxygens (including phenoxy) is 1. The van der Waals surface area contributed by atoms with E-state index in [0.717, 1.165) is 5.69 Å². The fourth-order valence-corrected chi connectivity index (χ4v) is 4.28. The highest BCUT2D eigenvalue weighted by Crippen LogP contribution is 2.31. The monoisotopic (exact) mass is 494 g/mol. The van der Waals surface area contributed by atoms with E-state index >= 15 is 0 Å². The molecule has 8 nitrogen and oxygen atoms in total. The molecule has 34 heavy (non-hydrogen) atoms. The number of rotatable bonds is 9. The Morgan fingerprint density at radius 2 is 1.82 bits per heavy atom. The van der Waals surface area contributed by atoms with Crippen LogP contribution < -0.4 is 4.74 Å². The third-order valence-corrected chi connectivity index (χ3v) is 6.13. The van der Waals surface area contributed by atoms with Crippen molar-refractivity contribution in [3.05, 3.63) is 105 Å². The number of thioether (sulfide) groups is 1. The second kappa shape index (κ2) is 10.5. The summed E-state index contributed by atoms with van der Waals surface area (Å²) < 4.78 is 7.87. The molecule has 0 radical (unpaired) electrons. The van der Waals surface area contributed by atoms with E-state index in [0.29, 0.717) is 21.8 Å². The molecule has 1 heterocycles. The number of ketones is 1. The van der Waals surface area contributed by atoms with Crippen LogP contribution in [0.5, 0.6) is 5.75 Å². The molecule has 4 rings (SSSR count). The number of nitrogens with zero attached hydrogens (tertiary/aromatic N) is 4. The molecular weight excluding hydrogens is 476 g/mol. The molecular formula is C24H19ClN4O4S. The molecule has 4 aromatic rings. The number of carbonyl (C=O) groups is 1. The van der Waals surface area contributed by atoms with Crippen molar-refractivity contribution in [1.29, 1.82) is 0 Å². The van der Waals surface area contributed by atoms with Crippen LogP contribution in [0.25, 0.3) is 5.69 Å². The normalized spacial score (nSPS) is 11.7. The van der Waals surface area contributed by atoms with Crippen LogP contribution in [-0.4, -0.2) is 31.2 Å². The first-order chi connectivity index (χ1) is 16.4. The van der Waals surface area contributed by atoms with E-state index in [4.69, 9.17) is 16.3 Å². The molecule has 0 aliphatic rings. The molecule has 0 saturated carbocycles. The highest BCUT2D eigenvalue weighted by Gasteiger charge is 2.22. The minimum atomic E-state index is -0.525. The summed E-state index contributed by atoms with van der Waals surface area (Å²) in [5.74, 6) is 0.843. The number of hydrogen-bond acceptors (Lipinski definition) is 7. The number of non-ortho nitro benzene ring substituents is 1. The van der Waals surface area contributed by atoms with Crippen molar-refractivity contribution >= 4 is 34.8 Å². The number of halogens is 1. The van der Waals surface area contributed by atoms with Gasteiger partial charge in [0.2, 0.25) is 0 Å². The van der Waals surface area contributed by atoms with Gasteiger partial charge in [0, 0.05) is 23.4 Å². The predicted octanol–water partition coefficient (Wildman–Crippen LogP) is 5.94. The molecule has 0 amide bonds. The zero-order chi connectivity index (χ0) is 24.1. The van der Waals surface area contributed by atoms with Crippen LogP contribution in [-0.2, 0) is 0 Å². The molecule has 0 aliphatic heterocycles. The Labute approximate surface area is 204 Å². The molecule has 0 N–H and O–H groups in total. The molecule has 3 aromatic carbocycles. The maximum absolute atomic E-state index is 12.7. The van der Waals surface area contributed by atoms with Crippen LogP contribution in [0, 0.1) is 10.1 Å². The smallest absolute Gasteiger partial charge is 0.270 e. The summed E-state index contributed by atoms with van der Waals surface area (Å²) >= 11 is 7.43. The lowest BCUT2D eigenvalue weighted by atomic mass is 10.1. The van der Waals surface area contributed by atoms with E-state index < -0.39 is 11.0 Å². The Hall–Kier alpha value is -3.69.